The SMILES string of the molecule is COc1cc2ncn([C@H](C)c3cccc(C)n3)c(=O)c2cc1OC. The molecule has 0 aliphatic carbocycles. The van der Waals surface area contributed by atoms with Crippen molar-refractivity contribution in [2.45, 2.75) is 19.9 Å². The molecule has 6 heteroatoms. The van der Waals surface area contributed by atoms with Crippen molar-refractivity contribution in [1.82, 2.24) is 14.5 Å². The Morgan fingerprint density at radius 1 is 1.12 bits per heavy atom. The zero-order valence-electron chi connectivity index (χ0n) is 14.1. The molecule has 0 fully saturated rings. The number of benzene rings is 1. The van der Waals surface area contributed by atoms with Gasteiger partial charge in [0, 0.05) is 11.8 Å². The molecule has 0 aliphatic heterocycles. The summed E-state index contributed by atoms with van der Waals surface area (Å²) in [6, 6.07) is 8.91. The number of aromatic nitrogens is 3. The van der Waals surface area contributed by atoms with Crippen LogP contribution in [0.1, 0.15) is 24.4 Å². The zero-order valence-corrected chi connectivity index (χ0v) is 14.1. The lowest BCUT2D eigenvalue weighted by molar-refractivity contribution is 0.355. The summed E-state index contributed by atoms with van der Waals surface area (Å²) in [6.45, 7) is 3.85. The van der Waals surface area contributed by atoms with Crippen LogP contribution in [-0.2, 0) is 0 Å². The number of methoxy groups -OCH3 is 2. The van der Waals surface area contributed by atoms with Crippen LogP contribution in [-0.4, -0.2) is 28.8 Å². The maximum absolute atomic E-state index is 12.9. The van der Waals surface area contributed by atoms with Crippen molar-refractivity contribution in [1.29, 1.82) is 0 Å². The van der Waals surface area contributed by atoms with Gasteiger partial charge in [0.25, 0.3) is 5.56 Å². The van der Waals surface area contributed by atoms with Gasteiger partial charge in [-0.25, -0.2) is 4.98 Å². The molecule has 0 N–H and O–H groups in total. The van der Waals surface area contributed by atoms with Crippen molar-refractivity contribution in [3.8, 4) is 11.5 Å². The van der Waals surface area contributed by atoms with Crippen LogP contribution >= 0.6 is 0 Å². The molecule has 124 valence electrons. The van der Waals surface area contributed by atoms with Crippen LogP contribution in [0.3, 0.4) is 0 Å². The highest BCUT2D eigenvalue weighted by Gasteiger charge is 2.15. The Morgan fingerprint density at radius 3 is 2.50 bits per heavy atom. The van der Waals surface area contributed by atoms with Crippen LogP contribution in [0, 0.1) is 6.92 Å². The van der Waals surface area contributed by atoms with Gasteiger partial charge in [-0.05, 0) is 32.0 Å². The summed E-state index contributed by atoms with van der Waals surface area (Å²) in [5.74, 6) is 1.05. The first-order chi connectivity index (χ1) is 11.5. The Morgan fingerprint density at radius 2 is 1.83 bits per heavy atom. The fraction of sp³-hybridized carbons (Fsp3) is 0.278. The molecule has 2 aromatic heterocycles. The number of nitrogens with zero attached hydrogens (tertiary/aromatic N) is 3. The lowest BCUT2D eigenvalue weighted by atomic mass is 10.1. The summed E-state index contributed by atoms with van der Waals surface area (Å²) < 4.78 is 12.1. The molecular formula is C18H19N3O3. The fourth-order valence-corrected chi connectivity index (χ4v) is 2.68. The average Bonchev–Trinajstić information content (AvgIpc) is 2.60. The number of aryl methyl sites for hydroxylation is 1. The maximum atomic E-state index is 12.9. The van der Waals surface area contributed by atoms with Gasteiger partial charge < -0.3 is 9.47 Å². The Kier molecular flexibility index (Phi) is 4.20. The van der Waals surface area contributed by atoms with E-state index in [0.717, 1.165) is 11.4 Å². The number of pyridine rings is 1. The fourth-order valence-electron chi connectivity index (χ4n) is 2.68. The van der Waals surface area contributed by atoms with E-state index in [2.05, 4.69) is 9.97 Å². The summed E-state index contributed by atoms with van der Waals surface area (Å²) in [7, 11) is 3.09. The Balaban J connectivity index is 2.16. The van der Waals surface area contributed by atoms with E-state index in [-0.39, 0.29) is 11.6 Å². The molecule has 0 radical (unpaired) electrons. The van der Waals surface area contributed by atoms with E-state index in [9.17, 15) is 4.79 Å². The standard InChI is InChI=1S/C18H19N3O3/c1-11-6-5-7-14(20-11)12(2)21-10-19-15-9-17(24-4)16(23-3)8-13(15)18(21)22/h5-10,12H,1-4H3/t12-/m1/s1. The minimum Gasteiger partial charge on any atom is -0.493 e. The molecule has 24 heavy (non-hydrogen) atoms. The van der Waals surface area contributed by atoms with Crippen LogP contribution in [0.25, 0.3) is 10.9 Å². The molecule has 3 rings (SSSR count). The second kappa shape index (κ2) is 6.31. The third-order valence-electron chi connectivity index (χ3n) is 4.04. The minimum absolute atomic E-state index is 0.142. The van der Waals surface area contributed by atoms with Crippen LogP contribution in [0.5, 0.6) is 11.5 Å². The van der Waals surface area contributed by atoms with E-state index < -0.39 is 0 Å². The van der Waals surface area contributed by atoms with E-state index >= 15 is 0 Å². The number of hydrogen-bond acceptors (Lipinski definition) is 5. The third-order valence-corrected chi connectivity index (χ3v) is 4.04. The van der Waals surface area contributed by atoms with Gasteiger partial charge in [0.15, 0.2) is 11.5 Å². The summed E-state index contributed by atoms with van der Waals surface area (Å²) >= 11 is 0. The number of ether oxygens (including phenoxy) is 2. The Bertz CT molecular complexity index is 950. The first-order valence-electron chi connectivity index (χ1n) is 7.61. The van der Waals surface area contributed by atoms with E-state index in [0.29, 0.717) is 22.4 Å². The molecule has 2 heterocycles. The monoisotopic (exact) mass is 325 g/mol. The molecule has 0 aliphatic rings. The first-order valence-corrected chi connectivity index (χ1v) is 7.61. The second-order valence-corrected chi connectivity index (χ2v) is 5.56. The number of fused-ring (bicyclic) bond motifs is 1. The average molecular weight is 325 g/mol. The van der Waals surface area contributed by atoms with E-state index in [4.69, 9.17) is 9.47 Å². The highest BCUT2D eigenvalue weighted by Crippen LogP contribution is 2.30. The Labute approximate surface area is 139 Å². The predicted octanol–water partition coefficient (Wildman–Crippen LogP) is 2.73. The maximum Gasteiger partial charge on any atom is 0.261 e. The quantitative estimate of drug-likeness (QED) is 0.738. The van der Waals surface area contributed by atoms with Gasteiger partial charge in [-0.15, -0.1) is 0 Å². The molecule has 0 spiro atoms. The number of rotatable bonds is 4. The lowest BCUT2D eigenvalue weighted by Gasteiger charge is -2.16. The van der Waals surface area contributed by atoms with E-state index in [1.165, 1.54) is 7.11 Å². The van der Waals surface area contributed by atoms with Crippen molar-refractivity contribution in [3.05, 3.63) is 58.4 Å². The number of hydrogen-bond donors (Lipinski definition) is 0. The first kappa shape index (κ1) is 16.0. The summed E-state index contributed by atoms with van der Waals surface area (Å²) in [5, 5.41) is 0.481. The van der Waals surface area contributed by atoms with Crippen LogP contribution < -0.4 is 15.0 Å². The molecule has 3 aromatic rings. The summed E-state index contributed by atoms with van der Waals surface area (Å²) in [4.78, 5) is 21.8. The molecule has 0 amide bonds. The van der Waals surface area contributed by atoms with Gasteiger partial charge in [-0.1, -0.05) is 6.07 Å². The van der Waals surface area contributed by atoms with Gasteiger partial charge in [-0.3, -0.25) is 14.3 Å². The molecule has 0 unspecified atom stereocenters. The van der Waals surface area contributed by atoms with Crippen LogP contribution in [0.2, 0.25) is 0 Å². The molecule has 0 bridgehead atoms. The van der Waals surface area contributed by atoms with Crippen LogP contribution in [0.15, 0.2) is 41.5 Å². The Hall–Kier alpha value is -2.89. The van der Waals surface area contributed by atoms with Crippen molar-refractivity contribution >= 4 is 10.9 Å². The van der Waals surface area contributed by atoms with E-state index in [1.54, 1.807) is 30.1 Å². The smallest absolute Gasteiger partial charge is 0.261 e. The van der Waals surface area contributed by atoms with Gasteiger partial charge in [-0.2, -0.15) is 0 Å². The lowest BCUT2D eigenvalue weighted by Crippen LogP contribution is -2.25. The molecule has 0 saturated carbocycles. The van der Waals surface area contributed by atoms with Crippen molar-refractivity contribution in [2.24, 2.45) is 0 Å². The van der Waals surface area contributed by atoms with Crippen LogP contribution in [0.4, 0.5) is 0 Å². The second-order valence-electron chi connectivity index (χ2n) is 5.56. The van der Waals surface area contributed by atoms with Gasteiger partial charge in [0.1, 0.15) is 0 Å². The largest absolute Gasteiger partial charge is 0.493 e. The molecule has 1 atom stereocenters. The molecule has 6 nitrogen and oxygen atoms in total. The minimum atomic E-state index is -0.220. The highest BCUT2D eigenvalue weighted by molar-refractivity contribution is 5.81. The topological polar surface area (TPSA) is 66.2 Å². The van der Waals surface area contributed by atoms with Gasteiger partial charge in [0.2, 0.25) is 0 Å². The summed E-state index contributed by atoms with van der Waals surface area (Å²) in [5.41, 5.74) is 2.15. The van der Waals surface area contributed by atoms with Crippen molar-refractivity contribution < 1.29 is 9.47 Å². The molecule has 0 saturated heterocycles. The predicted molar refractivity (Wildman–Crippen MR) is 91.9 cm³/mol. The van der Waals surface area contributed by atoms with Crippen molar-refractivity contribution in [2.75, 3.05) is 14.2 Å². The molecular weight excluding hydrogens is 306 g/mol. The molecule has 1 aromatic carbocycles. The normalized spacial score (nSPS) is 12.2. The zero-order chi connectivity index (χ0) is 17.3. The van der Waals surface area contributed by atoms with Gasteiger partial charge in [0.05, 0.1) is 43.2 Å². The van der Waals surface area contributed by atoms with Gasteiger partial charge >= 0.3 is 0 Å². The summed E-state index contributed by atoms with van der Waals surface area (Å²) in [6.07, 6.45) is 1.55. The third kappa shape index (κ3) is 2.71. The van der Waals surface area contributed by atoms with Crippen molar-refractivity contribution in [3.63, 3.8) is 0 Å². The van der Waals surface area contributed by atoms with E-state index in [1.807, 2.05) is 32.0 Å². The highest BCUT2D eigenvalue weighted by atomic mass is 16.5.